The van der Waals surface area contributed by atoms with Crippen LogP contribution in [-0.2, 0) is 4.79 Å². The van der Waals surface area contributed by atoms with E-state index in [9.17, 15) is 9.59 Å². The van der Waals surface area contributed by atoms with Gasteiger partial charge in [0.25, 0.3) is 5.91 Å². The maximum Gasteiger partial charge on any atom is 0.255 e. The molecule has 0 spiro atoms. The van der Waals surface area contributed by atoms with Gasteiger partial charge in [-0.05, 0) is 49.9 Å². The Morgan fingerprint density at radius 3 is 2.63 bits per heavy atom. The number of anilines is 2. The van der Waals surface area contributed by atoms with E-state index >= 15 is 0 Å². The van der Waals surface area contributed by atoms with E-state index in [1.165, 1.54) is 35.1 Å². The van der Waals surface area contributed by atoms with Gasteiger partial charge in [-0.1, -0.05) is 42.4 Å². The van der Waals surface area contributed by atoms with Gasteiger partial charge in [0.2, 0.25) is 16.2 Å². The van der Waals surface area contributed by atoms with Gasteiger partial charge in [0.1, 0.15) is 0 Å². The van der Waals surface area contributed by atoms with Gasteiger partial charge in [-0.15, -0.1) is 11.8 Å². The molecule has 0 bridgehead atoms. The van der Waals surface area contributed by atoms with Gasteiger partial charge >= 0.3 is 0 Å². The Balaban J connectivity index is 1.58. The molecule has 3 rings (SSSR count). The number of thioether (sulfide) groups is 2. The first-order valence-electron chi connectivity index (χ1n) is 9.36. The van der Waals surface area contributed by atoms with Crippen molar-refractivity contribution < 1.29 is 9.59 Å². The zero-order valence-electron chi connectivity index (χ0n) is 16.8. The average Bonchev–Trinajstić information content (AvgIpc) is 3.16. The molecule has 156 valence electrons. The van der Waals surface area contributed by atoms with Gasteiger partial charge in [0, 0.05) is 27.7 Å². The van der Waals surface area contributed by atoms with Crippen molar-refractivity contribution in [2.24, 2.45) is 0 Å². The van der Waals surface area contributed by atoms with Crippen LogP contribution in [0.3, 0.4) is 0 Å². The second-order valence-electron chi connectivity index (χ2n) is 6.41. The monoisotopic (exact) mass is 458 g/mol. The maximum atomic E-state index is 12.5. The molecule has 0 aliphatic rings. The highest BCUT2D eigenvalue weighted by molar-refractivity contribution is 8.00. The first-order valence-corrected chi connectivity index (χ1v) is 12.0. The van der Waals surface area contributed by atoms with Gasteiger partial charge in [0.05, 0.1) is 5.25 Å². The van der Waals surface area contributed by atoms with Gasteiger partial charge in [-0.25, -0.2) is 0 Å². The second kappa shape index (κ2) is 10.6. The number of benzene rings is 2. The van der Waals surface area contributed by atoms with Crippen molar-refractivity contribution in [3.63, 3.8) is 0 Å². The van der Waals surface area contributed by atoms with Crippen molar-refractivity contribution in [3.05, 3.63) is 59.7 Å². The van der Waals surface area contributed by atoms with Crippen LogP contribution >= 0.6 is 35.1 Å². The summed E-state index contributed by atoms with van der Waals surface area (Å²) in [5.74, 6) is 0.575. The molecule has 1 unspecified atom stereocenters. The third-order valence-electron chi connectivity index (χ3n) is 4.00. The van der Waals surface area contributed by atoms with Crippen molar-refractivity contribution in [2.75, 3.05) is 16.4 Å². The van der Waals surface area contributed by atoms with E-state index in [2.05, 4.69) is 20.0 Å². The number of hydrogen-bond donors (Lipinski definition) is 2. The number of carbonyl (C=O) groups is 2. The zero-order valence-corrected chi connectivity index (χ0v) is 19.3. The number of amides is 2. The van der Waals surface area contributed by atoms with Crippen LogP contribution in [0.15, 0.2) is 58.6 Å². The maximum absolute atomic E-state index is 12.5. The van der Waals surface area contributed by atoms with Crippen LogP contribution in [0.25, 0.3) is 0 Å². The zero-order chi connectivity index (χ0) is 21.5. The highest BCUT2D eigenvalue weighted by atomic mass is 32.2. The predicted molar refractivity (Wildman–Crippen MR) is 126 cm³/mol. The molecule has 0 aliphatic carbocycles. The van der Waals surface area contributed by atoms with E-state index in [0.717, 1.165) is 16.2 Å². The lowest BCUT2D eigenvalue weighted by Crippen LogP contribution is -2.22. The summed E-state index contributed by atoms with van der Waals surface area (Å²) in [5, 5.41) is 6.56. The minimum Gasteiger partial charge on any atom is -0.322 e. The Kier molecular flexibility index (Phi) is 7.89. The van der Waals surface area contributed by atoms with Crippen LogP contribution in [0.4, 0.5) is 10.8 Å². The van der Waals surface area contributed by atoms with Crippen molar-refractivity contribution in [1.29, 1.82) is 0 Å². The smallest absolute Gasteiger partial charge is 0.255 e. The van der Waals surface area contributed by atoms with E-state index in [0.29, 0.717) is 21.5 Å². The molecule has 3 aromatic rings. The molecule has 9 heteroatoms. The van der Waals surface area contributed by atoms with E-state index in [-0.39, 0.29) is 17.1 Å². The van der Waals surface area contributed by atoms with E-state index in [1.54, 1.807) is 12.1 Å². The molecule has 1 aromatic heterocycles. The third kappa shape index (κ3) is 6.32. The molecule has 1 atom stereocenters. The molecule has 2 N–H and O–H groups in total. The van der Waals surface area contributed by atoms with E-state index in [4.69, 9.17) is 0 Å². The van der Waals surface area contributed by atoms with Crippen molar-refractivity contribution in [1.82, 2.24) is 9.36 Å². The molecule has 0 saturated heterocycles. The van der Waals surface area contributed by atoms with Gasteiger partial charge in [0.15, 0.2) is 0 Å². The Morgan fingerprint density at radius 2 is 1.90 bits per heavy atom. The summed E-state index contributed by atoms with van der Waals surface area (Å²) in [6, 6.07) is 14.9. The standard InChI is InChI=1S/C21H22N4O2S3/c1-4-28-21-24-20(30-25-21)23-18(26)14(3)29-17-7-5-6-16(12-17)22-19(27)15-10-8-13(2)9-11-15/h5-12,14H,4H2,1-3H3,(H,22,27)(H,23,24,25,26). The number of hydrogen-bond acceptors (Lipinski definition) is 7. The highest BCUT2D eigenvalue weighted by Gasteiger charge is 2.17. The number of aryl methyl sites for hydroxylation is 1. The average molecular weight is 459 g/mol. The summed E-state index contributed by atoms with van der Waals surface area (Å²) in [6.07, 6.45) is 0. The van der Waals surface area contributed by atoms with Crippen LogP contribution in [0, 0.1) is 6.92 Å². The molecule has 2 amide bonds. The fraction of sp³-hybridized carbons (Fsp3) is 0.238. The minimum absolute atomic E-state index is 0.140. The fourth-order valence-corrected chi connectivity index (χ4v) is 4.67. The van der Waals surface area contributed by atoms with Gasteiger partial charge in [-0.2, -0.15) is 9.36 Å². The Morgan fingerprint density at radius 1 is 1.13 bits per heavy atom. The van der Waals surface area contributed by atoms with Crippen molar-refractivity contribution in [2.45, 2.75) is 36.1 Å². The molecule has 6 nitrogen and oxygen atoms in total. The Bertz CT molecular complexity index is 1020. The molecule has 0 radical (unpaired) electrons. The van der Waals surface area contributed by atoms with Gasteiger partial charge < -0.3 is 5.32 Å². The van der Waals surface area contributed by atoms with Crippen LogP contribution in [0.5, 0.6) is 0 Å². The van der Waals surface area contributed by atoms with E-state index in [1.807, 2.05) is 57.2 Å². The third-order valence-corrected chi connectivity index (χ3v) is 6.57. The molecule has 30 heavy (non-hydrogen) atoms. The topological polar surface area (TPSA) is 84.0 Å². The number of nitrogens with zero attached hydrogens (tertiary/aromatic N) is 2. The molecular weight excluding hydrogens is 436 g/mol. The lowest BCUT2D eigenvalue weighted by Gasteiger charge is -2.12. The highest BCUT2D eigenvalue weighted by Crippen LogP contribution is 2.27. The summed E-state index contributed by atoms with van der Waals surface area (Å²) < 4.78 is 4.20. The Hall–Kier alpha value is -2.36. The van der Waals surface area contributed by atoms with Crippen LogP contribution in [0.1, 0.15) is 29.8 Å². The summed E-state index contributed by atoms with van der Waals surface area (Å²) in [5.41, 5.74) is 2.39. The molecule has 0 fully saturated rings. The van der Waals surface area contributed by atoms with Crippen LogP contribution in [0.2, 0.25) is 0 Å². The SMILES string of the molecule is CCSc1nsc(NC(=O)C(C)Sc2cccc(NC(=O)c3ccc(C)cc3)c2)n1. The first-order chi connectivity index (χ1) is 14.4. The lowest BCUT2D eigenvalue weighted by molar-refractivity contribution is -0.115. The number of nitrogens with one attached hydrogen (secondary N) is 2. The largest absolute Gasteiger partial charge is 0.322 e. The second-order valence-corrected chi connectivity index (χ2v) is 9.81. The molecule has 1 heterocycles. The quantitative estimate of drug-likeness (QED) is 0.444. The molecule has 0 aliphatic heterocycles. The predicted octanol–water partition coefficient (Wildman–Crippen LogP) is 5.33. The first kappa shape index (κ1) is 22.3. The fourth-order valence-electron chi connectivity index (χ4n) is 2.47. The molecule has 0 saturated carbocycles. The number of rotatable bonds is 8. The van der Waals surface area contributed by atoms with E-state index < -0.39 is 0 Å². The summed E-state index contributed by atoms with van der Waals surface area (Å²) in [6.45, 7) is 5.84. The Labute approximate surface area is 188 Å². The number of aromatic nitrogens is 2. The van der Waals surface area contributed by atoms with Crippen LogP contribution in [-0.4, -0.2) is 32.2 Å². The summed E-state index contributed by atoms with van der Waals surface area (Å²) in [7, 11) is 0. The van der Waals surface area contributed by atoms with Crippen molar-refractivity contribution in [3.8, 4) is 0 Å². The van der Waals surface area contributed by atoms with Gasteiger partial charge in [-0.3, -0.25) is 14.9 Å². The normalized spacial score (nSPS) is 11.7. The molecular formula is C21H22N4O2S3. The molecule has 2 aromatic carbocycles. The summed E-state index contributed by atoms with van der Waals surface area (Å²) in [4.78, 5) is 30.1. The van der Waals surface area contributed by atoms with Crippen molar-refractivity contribution >= 4 is 57.7 Å². The summed E-state index contributed by atoms with van der Waals surface area (Å²) >= 11 is 4.13. The minimum atomic E-state index is -0.334. The lowest BCUT2D eigenvalue weighted by atomic mass is 10.1. The number of carbonyl (C=O) groups excluding carboxylic acids is 2. The van der Waals surface area contributed by atoms with Crippen LogP contribution < -0.4 is 10.6 Å².